The second-order valence-corrected chi connectivity index (χ2v) is 0.964. The van der Waals surface area contributed by atoms with E-state index < -0.39 is 18.4 Å². The Morgan fingerprint density at radius 2 is 1.20 bits per heavy atom. The Bertz CT molecular complexity index is 102. The number of carbonyl (C=O) groups is 2. The Kier molecular flexibility index (Phi) is 30.7. The van der Waals surface area contributed by atoms with Crippen LogP contribution in [-0.2, 0) is 9.59 Å². The zero-order valence-corrected chi connectivity index (χ0v) is 12.4. The zero-order chi connectivity index (χ0) is 5.86. The van der Waals surface area contributed by atoms with Crippen molar-refractivity contribution in [2.75, 3.05) is 0 Å². The van der Waals surface area contributed by atoms with Gasteiger partial charge in [0.25, 0.3) is 0 Å². The third-order valence-corrected chi connectivity index (χ3v) is 0.302. The number of hydrogen-bond donors (Lipinski definition) is 2. The zero-order valence-electron chi connectivity index (χ0n) is 9.42. The number of rotatable bonds is 2. The molecule has 7 heteroatoms. The summed E-state index contributed by atoms with van der Waals surface area (Å²) in [5, 5.41) is 15.4. The summed E-state index contributed by atoms with van der Waals surface area (Å²) in [4.78, 5) is 18.9. The fourth-order valence-corrected chi connectivity index (χ4v) is 0.129. The second kappa shape index (κ2) is 13.5. The van der Waals surface area contributed by atoms with E-state index in [1.54, 1.807) is 0 Å². The molecule has 0 aliphatic heterocycles. The number of carboxylic acid groups (broad SMARTS) is 2. The van der Waals surface area contributed by atoms with Crippen LogP contribution >= 0.6 is 0 Å². The van der Waals surface area contributed by atoms with Crippen LogP contribution < -0.4 is 88.7 Å². The Balaban J connectivity index is -0.0000000120. The van der Waals surface area contributed by atoms with Gasteiger partial charge in [-0.25, -0.2) is 0 Å². The SMILES string of the molecule is O=C(O)CC(=O)O.[H-].[H-].[H-].[Na+].[Na+].[Na+]. The molecular weight excluding hydrogens is 169 g/mol. The van der Waals surface area contributed by atoms with Crippen LogP contribution in [0.15, 0.2) is 0 Å². The van der Waals surface area contributed by atoms with Gasteiger partial charge in [-0.2, -0.15) is 0 Å². The van der Waals surface area contributed by atoms with Crippen molar-refractivity contribution in [2.45, 2.75) is 6.42 Å². The molecule has 0 saturated carbocycles. The first kappa shape index (κ1) is 22.7. The minimum atomic E-state index is -1.31. The normalized spacial score (nSPS) is 5.60. The van der Waals surface area contributed by atoms with Crippen LogP contribution in [0.4, 0.5) is 0 Å². The molecule has 0 aliphatic carbocycles. The van der Waals surface area contributed by atoms with E-state index >= 15 is 0 Å². The van der Waals surface area contributed by atoms with E-state index in [9.17, 15) is 9.59 Å². The van der Waals surface area contributed by atoms with Crippen molar-refractivity contribution in [3.05, 3.63) is 0 Å². The van der Waals surface area contributed by atoms with Gasteiger partial charge >= 0.3 is 101 Å². The van der Waals surface area contributed by atoms with Gasteiger partial charge in [-0.05, 0) is 0 Å². The largest absolute Gasteiger partial charge is 1.00 e. The molecule has 0 rings (SSSR count). The fourth-order valence-electron chi connectivity index (χ4n) is 0.129. The predicted molar refractivity (Wildman–Crippen MR) is 23.2 cm³/mol. The van der Waals surface area contributed by atoms with Crippen LogP contribution in [0.2, 0.25) is 0 Å². The van der Waals surface area contributed by atoms with Gasteiger partial charge < -0.3 is 14.5 Å². The Morgan fingerprint density at radius 3 is 1.20 bits per heavy atom. The van der Waals surface area contributed by atoms with E-state index in [1.807, 2.05) is 0 Å². The summed E-state index contributed by atoms with van der Waals surface area (Å²) in [6.07, 6.45) is -0.806. The van der Waals surface area contributed by atoms with E-state index in [1.165, 1.54) is 0 Å². The first-order valence-electron chi connectivity index (χ1n) is 1.56. The molecule has 0 spiro atoms. The van der Waals surface area contributed by atoms with Crippen molar-refractivity contribution in [2.24, 2.45) is 0 Å². The molecule has 0 fully saturated rings. The standard InChI is InChI=1S/C3H4O4.3Na.3H/c4-2(5)1-3(6)7;;;;;;/h1H2,(H,4,5)(H,6,7);;;;;;/q;3*+1;3*-1. The van der Waals surface area contributed by atoms with E-state index in [2.05, 4.69) is 0 Å². The minimum absolute atomic E-state index is 0. The van der Waals surface area contributed by atoms with Crippen LogP contribution in [0, 0.1) is 0 Å². The molecule has 46 valence electrons. The third-order valence-electron chi connectivity index (χ3n) is 0.302. The Morgan fingerprint density at radius 1 is 1.00 bits per heavy atom. The minimum Gasteiger partial charge on any atom is -1.00 e. The van der Waals surface area contributed by atoms with Crippen LogP contribution in [0.5, 0.6) is 0 Å². The first-order valence-corrected chi connectivity index (χ1v) is 1.56. The van der Waals surface area contributed by atoms with E-state index in [-0.39, 0.29) is 93.0 Å². The van der Waals surface area contributed by atoms with Gasteiger partial charge in [0.1, 0.15) is 6.42 Å². The smallest absolute Gasteiger partial charge is 1.00 e. The molecule has 10 heavy (non-hydrogen) atoms. The molecule has 0 unspecified atom stereocenters. The summed E-state index contributed by atoms with van der Waals surface area (Å²) in [6, 6.07) is 0. The van der Waals surface area contributed by atoms with Gasteiger partial charge in [0.15, 0.2) is 0 Å². The van der Waals surface area contributed by atoms with Crippen LogP contribution in [0.3, 0.4) is 0 Å². The fraction of sp³-hybridized carbons (Fsp3) is 0.333. The van der Waals surface area contributed by atoms with Crippen molar-refractivity contribution >= 4 is 11.9 Å². The van der Waals surface area contributed by atoms with Crippen molar-refractivity contribution < 1.29 is 113 Å². The third kappa shape index (κ3) is 22.5. The van der Waals surface area contributed by atoms with Crippen LogP contribution in [0.1, 0.15) is 10.7 Å². The molecular formula is C3H7Na3O4. The van der Waals surface area contributed by atoms with Crippen molar-refractivity contribution in [1.82, 2.24) is 0 Å². The van der Waals surface area contributed by atoms with Crippen LogP contribution in [0.25, 0.3) is 0 Å². The maximum Gasteiger partial charge on any atom is 1.00 e. The molecule has 0 aromatic rings. The number of aliphatic carboxylic acids is 2. The van der Waals surface area contributed by atoms with Gasteiger partial charge in [0.05, 0.1) is 0 Å². The van der Waals surface area contributed by atoms with Gasteiger partial charge in [-0.1, -0.05) is 0 Å². The van der Waals surface area contributed by atoms with Gasteiger partial charge in [-0.15, -0.1) is 0 Å². The molecule has 0 aliphatic rings. The van der Waals surface area contributed by atoms with Gasteiger partial charge in [0.2, 0.25) is 0 Å². The average Bonchev–Trinajstić information content (AvgIpc) is 1.27. The summed E-state index contributed by atoms with van der Waals surface area (Å²) >= 11 is 0. The molecule has 0 aromatic carbocycles. The molecule has 0 saturated heterocycles. The Labute approximate surface area is 129 Å². The summed E-state index contributed by atoms with van der Waals surface area (Å²) in [5.41, 5.74) is 0. The van der Waals surface area contributed by atoms with Crippen molar-refractivity contribution in [3.8, 4) is 0 Å². The summed E-state index contributed by atoms with van der Waals surface area (Å²) < 4.78 is 0. The summed E-state index contributed by atoms with van der Waals surface area (Å²) in [5.74, 6) is -2.62. The van der Waals surface area contributed by atoms with Crippen molar-refractivity contribution in [1.29, 1.82) is 0 Å². The predicted octanol–water partition coefficient (Wildman–Crippen LogP) is -9.10. The average molecular weight is 176 g/mol. The molecule has 0 heterocycles. The van der Waals surface area contributed by atoms with Gasteiger partial charge in [-0.3, -0.25) is 9.59 Å². The molecule has 0 amide bonds. The van der Waals surface area contributed by atoms with Crippen LogP contribution in [-0.4, -0.2) is 22.2 Å². The maximum atomic E-state index is 9.43. The molecule has 0 radical (unpaired) electrons. The molecule has 0 atom stereocenters. The van der Waals surface area contributed by atoms with Gasteiger partial charge in [0, 0.05) is 0 Å². The monoisotopic (exact) mass is 176 g/mol. The molecule has 2 N–H and O–H groups in total. The van der Waals surface area contributed by atoms with E-state index in [0.717, 1.165) is 0 Å². The molecule has 4 nitrogen and oxygen atoms in total. The van der Waals surface area contributed by atoms with Crippen molar-refractivity contribution in [3.63, 3.8) is 0 Å². The van der Waals surface area contributed by atoms with E-state index in [4.69, 9.17) is 10.2 Å². The summed E-state index contributed by atoms with van der Waals surface area (Å²) in [6.45, 7) is 0. The quantitative estimate of drug-likeness (QED) is 0.323. The first-order chi connectivity index (χ1) is 3.13. The Hall–Kier alpha value is 1.94. The number of carboxylic acids is 2. The topological polar surface area (TPSA) is 74.6 Å². The molecule has 0 bridgehead atoms. The maximum absolute atomic E-state index is 9.43. The van der Waals surface area contributed by atoms with E-state index in [0.29, 0.717) is 0 Å². The second-order valence-electron chi connectivity index (χ2n) is 0.964. The summed E-state index contributed by atoms with van der Waals surface area (Å²) in [7, 11) is 0. The number of hydrogen-bond acceptors (Lipinski definition) is 2. The molecule has 0 aromatic heterocycles.